The minimum atomic E-state index is 0.463. The number of hydrogen-bond donors (Lipinski definition) is 1. The van der Waals surface area contributed by atoms with Gasteiger partial charge in [0.25, 0.3) is 0 Å². The molecule has 2 rings (SSSR count). The second-order valence-electron chi connectivity index (χ2n) is 3.03. The van der Waals surface area contributed by atoms with E-state index in [9.17, 15) is 0 Å². The zero-order chi connectivity index (χ0) is 10.5. The molecule has 0 saturated heterocycles. The van der Waals surface area contributed by atoms with Crippen LogP contribution in [0.2, 0.25) is 0 Å². The maximum atomic E-state index is 4.80. The Hall–Kier alpha value is -1.42. The minimum absolute atomic E-state index is 0.463. The molecular weight excluding hydrogens is 208 g/mol. The molecule has 1 heterocycles. The van der Waals surface area contributed by atoms with Crippen LogP contribution in [-0.4, -0.2) is 18.8 Å². The average molecular weight is 220 g/mol. The molecule has 0 spiro atoms. The molecule has 4 heteroatoms. The summed E-state index contributed by atoms with van der Waals surface area (Å²) in [5, 5.41) is 6.79. The lowest BCUT2D eigenvalue weighted by atomic mass is 10.2. The van der Waals surface area contributed by atoms with Crippen molar-refractivity contribution in [2.75, 3.05) is 13.0 Å². The van der Waals surface area contributed by atoms with Gasteiger partial charge in [-0.1, -0.05) is 23.4 Å². The topological polar surface area (TPSA) is 33.6 Å². The predicted molar refractivity (Wildman–Crippen MR) is 63.8 cm³/mol. The van der Waals surface area contributed by atoms with Crippen molar-refractivity contribution in [2.45, 2.75) is 4.90 Å². The summed E-state index contributed by atoms with van der Waals surface area (Å²) in [6.07, 6.45) is 5.98. The van der Waals surface area contributed by atoms with Gasteiger partial charge in [-0.25, -0.2) is 0 Å². The van der Waals surface area contributed by atoms with Crippen LogP contribution >= 0.6 is 11.8 Å². The largest absolute Gasteiger partial charge is 0.372 e. The lowest BCUT2D eigenvalue weighted by molar-refractivity contribution is 0.164. The van der Waals surface area contributed by atoms with Crippen LogP contribution in [0.15, 0.2) is 40.4 Å². The van der Waals surface area contributed by atoms with Crippen molar-refractivity contribution in [3.8, 4) is 0 Å². The van der Waals surface area contributed by atoms with Crippen molar-refractivity contribution < 1.29 is 4.84 Å². The van der Waals surface area contributed by atoms with Crippen molar-refractivity contribution >= 4 is 23.7 Å². The summed E-state index contributed by atoms with van der Waals surface area (Å²) >= 11 is 1.74. The molecule has 0 atom stereocenters. The highest BCUT2D eigenvalue weighted by molar-refractivity contribution is 7.98. The van der Waals surface area contributed by atoms with E-state index in [1.54, 1.807) is 11.8 Å². The first-order valence-corrected chi connectivity index (χ1v) is 5.87. The Balaban J connectivity index is 2.03. The van der Waals surface area contributed by atoms with Gasteiger partial charge in [0.15, 0.2) is 12.6 Å². The maximum absolute atomic E-state index is 4.80. The number of nitrogens with one attached hydrogen (secondary N) is 1. The molecular formula is C11H12N2OS. The fourth-order valence-electron chi connectivity index (χ4n) is 1.22. The van der Waals surface area contributed by atoms with Gasteiger partial charge in [-0.2, -0.15) is 0 Å². The number of benzene rings is 1. The third-order valence-electron chi connectivity index (χ3n) is 2.03. The van der Waals surface area contributed by atoms with Crippen molar-refractivity contribution in [3.05, 3.63) is 35.9 Å². The average Bonchev–Trinajstić information content (AvgIpc) is 2.80. The monoisotopic (exact) mass is 220 g/mol. The molecule has 1 aromatic carbocycles. The molecule has 0 saturated carbocycles. The summed E-state index contributed by atoms with van der Waals surface area (Å²) < 4.78 is 0. The third-order valence-corrected chi connectivity index (χ3v) is 2.77. The molecule has 0 aliphatic carbocycles. The van der Waals surface area contributed by atoms with Gasteiger partial charge >= 0.3 is 0 Å². The zero-order valence-electron chi connectivity index (χ0n) is 8.43. The number of oxime groups is 1. The van der Waals surface area contributed by atoms with Gasteiger partial charge < -0.3 is 10.2 Å². The lowest BCUT2D eigenvalue weighted by Gasteiger charge is -1.96. The van der Waals surface area contributed by atoms with E-state index in [1.807, 2.05) is 12.2 Å². The second-order valence-corrected chi connectivity index (χ2v) is 3.91. The van der Waals surface area contributed by atoms with Crippen LogP contribution in [0.5, 0.6) is 0 Å². The highest BCUT2D eigenvalue weighted by Gasteiger charge is 2.00. The van der Waals surface area contributed by atoms with Gasteiger partial charge in [0.1, 0.15) is 0 Å². The number of amidine groups is 1. The van der Waals surface area contributed by atoms with Crippen LogP contribution in [0.3, 0.4) is 0 Å². The van der Waals surface area contributed by atoms with E-state index in [4.69, 9.17) is 4.84 Å². The number of rotatable bonds is 3. The van der Waals surface area contributed by atoms with Crippen LogP contribution in [-0.2, 0) is 4.84 Å². The van der Waals surface area contributed by atoms with Crippen LogP contribution in [0.1, 0.15) is 5.56 Å². The number of nitrogens with zero attached hydrogens (tertiary/aromatic N) is 1. The molecule has 1 aliphatic heterocycles. The van der Waals surface area contributed by atoms with Gasteiger partial charge in [-0.15, -0.1) is 11.8 Å². The highest BCUT2D eigenvalue weighted by atomic mass is 32.2. The molecule has 0 aromatic heterocycles. The van der Waals surface area contributed by atoms with Gasteiger partial charge in [-0.05, 0) is 30.0 Å². The molecule has 1 aromatic rings. The van der Waals surface area contributed by atoms with E-state index in [2.05, 4.69) is 41.0 Å². The summed E-state index contributed by atoms with van der Waals surface area (Å²) in [6.45, 7) is 0.463. The van der Waals surface area contributed by atoms with E-state index < -0.39 is 0 Å². The Morgan fingerprint density at radius 1 is 1.33 bits per heavy atom. The molecule has 1 aliphatic rings. The van der Waals surface area contributed by atoms with E-state index in [0.717, 1.165) is 11.4 Å². The number of thioether (sulfide) groups is 1. The van der Waals surface area contributed by atoms with Crippen molar-refractivity contribution in [2.24, 2.45) is 5.16 Å². The smallest absolute Gasteiger partial charge is 0.188 e. The standard InChI is InChI=1S/C11H12N2OS/c1-15-10-5-2-9(3-6-10)4-7-11-12-8-14-13-11/h2-7H,8H2,1H3,(H,12,13)/b7-4+. The van der Waals surface area contributed by atoms with Gasteiger partial charge in [0.05, 0.1) is 0 Å². The molecule has 0 bridgehead atoms. The summed E-state index contributed by atoms with van der Waals surface area (Å²) in [5.41, 5.74) is 1.16. The van der Waals surface area contributed by atoms with Gasteiger partial charge in [-0.3, -0.25) is 0 Å². The Morgan fingerprint density at radius 2 is 2.13 bits per heavy atom. The van der Waals surface area contributed by atoms with Crippen molar-refractivity contribution in [1.29, 1.82) is 0 Å². The van der Waals surface area contributed by atoms with E-state index in [-0.39, 0.29) is 0 Å². The second kappa shape index (κ2) is 4.89. The van der Waals surface area contributed by atoms with E-state index >= 15 is 0 Å². The molecule has 0 unspecified atom stereocenters. The fourth-order valence-corrected chi connectivity index (χ4v) is 1.63. The Bertz CT molecular complexity index is 384. The summed E-state index contributed by atoms with van der Waals surface area (Å²) in [4.78, 5) is 6.07. The molecule has 0 amide bonds. The van der Waals surface area contributed by atoms with Crippen molar-refractivity contribution in [3.63, 3.8) is 0 Å². The summed E-state index contributed by atoms with van der Waals surface area (Å²) in [7, 11) is 0. The number of hydrogen-bond acceptors (Lipinski definition) is 4. The maximum Gasteiger partial charge on any atom is 0.188 e. The highest BCUT2D eigenvalue weighted by Crippen LogP contribution is 2.15. The molecule has 3 nitrogen and oxygen atoms in total. The van der Waals surface area contributed by atoms with Crippen LogP contribution in [0.25, 0.3) is 6.08 Å². The zero-order valence-corrected chi connectivity index (χ0v) is 9.25. The first-order valence-electron chi connectivity index (χ1n) is 4.64. The fraction of sp³-hybridized carbons (Fsp3) is 0.182. The van der Waals surface area contributed by atoms with Crippen LogP contribution in [0.4, 0.5) is 0 Å². The van der Waals surface area contributed by atoms with Crippen LogP contribution < -0.4 is 5.32 Å². The molecule has 0 radical (unpaired) electrons. The van der Waals surface area contributed by atoms with Gasteiger partial charge in [0.2, 0.25) is 0 Å². The lowest BCUT2D eigenvalue weighted by Crippen LogP contribution is -2.15. The Morgan fingerprint density at radius 3 is 2.73 bits per heavy atom. The molecule has 15 heavy (non-hydrogen) atoms. The predicted octanol–water partition coefficient (Wildman–Crippen LogP) is 2.31. The summed E-state index contributed by atoms with van der Waals surface area (Å²) in [5.74, 6) is 0.768. The Labute approximate surface area is 93.2 Å². The Kier molecular flexibility index (Phi) is 3.29. The van der Waals surface area contributed by atoms with Crippen LogP contribution in [0, 0.1) is 0 Å². The first-order chi connectivity index (χ1) is 7.38. The molecule has 1 N–H and O–H groups in total. The third kappa shape index (κ3) is 2.76. The summed E-state index contributed by atoms with van der Waals surface area (Å²) in [6, 6.07) is 8.37. The quantitative estimate of drug-likeness (QED) is 0.794. The van der Waals surface area contributed by atoms with Crippen molar-refractivity contribution in [1.82, 2.24) is 5.32 Å². The van der Waals surface area contributed by atoms with E-state index in [1.165, 1.54) is 4.90 Å². The van der Waals surface area contributed by atoms with E-state index in [0.29, 0.717) is 6.73 Å². The minimum Gasteiger partial charge on any atom is -0.372 e. The molecule has 0 fully saturated rings. The van der Waals surface area contributed by atoms with Gasteiger partial charge in [0, 0.05) is 4.90 Å². The normalized spacial score (nSPS) is 14.9. The SMILES string of the molecule is CSc1ccc(/C=C/C2=NOCN2)cc1. The molecule has 78 valence electrons. The first kappa shape index (κ1) is 10.1.